The first-order valence-corrected chi connectivity index (χ1v) is 4.02. The summed E-state index contributed by atoms with van der Waals surface area (Å²) in [5, 5.41) is 9.58. The van der Waals surface area contributed by atoms with Crippen LogP contribution in [0.1, 0.15) is 0 Å². The molecule has 0 saturated heterocycles. The molecular formula is C7H7F3N5+. The van der Waals surface area contributed by atoms with Gasteiger partial charge in [0, 0.05) is 0 Å². The Labute approximate surface area is 82.1 Å². The average molecular weight is 218 g/mol. The molecule has 1 aromatic heterocycles. The van der Waals surface area contributed by atoms with Crippen molar-refractivity contribution in [2.24, 2.45) is 11.0 Å². The number of hydrazone groups is 1. The van der Waals surface area contributed by atoms with E-state index in [1.54, 1.807) is 0 Å². The molecule has 0 amide bonds. The topological polar surface area (TPSA) is 70.1 Å². The van der Waals surface area contributed by atoms with Crippen LogP contribution in [0, 0.1) is 5.92 Å². The standard InChI is InChI=1S/C7H7F3N5/c8-7(9,10)4-1-13-15(3-4)5-2-12-14-6(5)11/h1-4H,(H3,11,12,14)/q+1. The molecule has 0 aromatic carbocycles. The van der Waals surface area contributed by atoms with Crippen molar-refractivity contribution in [1.82, 2.24) is 10.2 Å². The monoisotopic (exact) mass is 218 g/mol. The largest absolute Gasteiger partial charge is 0.406 e. The van der Waals surface area contributed by atoms with Crippen molar-refractivity contribution >= 4 is 23.9 Å². The number of aromatic nitrogens is 2. The quantitative estimate of drug-likeness (QED) is 0.687. The predicted molar refractivity (Wildman–Crippen MR) is 47.0 cm³/mol. The number of nitrogen functional groups attached to an aromatic ring is 1. The van der Waals surface area contributed by atoms with Crippen molar-refractivity contribution in [1.29, 1.82) is 0 Å². The van der Waals surface area contributed by atoms with Crippen LogP contribution in [-0.2, 0) is 0 Å². The van der Waals surface area contributed by atoms with Crippen LogP contribution in [0.15, 0.2) is 11.3 Å². The zero-order chi connectivity index (χ0) is 11.1. The summed E-state index contributed by atoms with van der Waals surface area (Å²) in [4.78, 5) is 0. The summed E-state index contributed by atoms with van der Waals surface area (Å²) in [7, 11) is 0. The van der Waals surface area contributed by atoms with Gasteiger partial charge in [-0.2, -0.15) is 18.3 Å². The second kappa shape index (κ2) is 3.07. The molecular weight excluding hydrogens is 211 g/mol. The van der Waals surface area contributed by atoms with E-state index in [4.69, 9.17) is 5.73 Å². The molecule has 0 radical (unpaired) electrons. The van der Waals surface area contributed by atoms with Gasteiger partial charge in [-0.25, -0.2) is 0 Å². The van der Waals surface area contributed by atoms with Crippen molar-refractivity contribution in [3.63, 3.8) is 0 Å². The minimum absolute atomic E-state index is 0.172. The smallest absolute Gasteiger partial charge is 0.378 e. The molecule has 1 aliphatic rings. The van der Waals surface area contributed by atoms with E-state index in [1.807, 2.05) is 0 Å². The number of nitrogens with zero attached hydrogens (tertiary/aromatic N) is 3. The van der Waals surface area contributed by atoms with Crippen molar-refractivity contribution < 1.29 is 17.9 Å². The average Bonchev–Trinajstić information content (AvgIpc) is 2.69. The fourth-order valence-electron chi connectivity index (χ4n) is 1.16. The number of nitrogens with two attached hydrogens (primary N) is 1. The molecule has 2 heterocycles. The van der Waals surface area contributed by atoms with Crippen LogP contribution in [0.2, 0.25) is 0 Å². The van der Waals surface area contributed by atoms with E-state index in [1.165, 1.54) is 6.20 Å². The molecule has 5 nitrogen and oxygen atoms in total. The lowest BCUT2D eigenvalue weighted by atomic mass is 10.2. The molecule has 15 heavy (non-hydrogen) atoms. The highest BCUT2D eigenvalue weighted by molar-refractivity contribution is 5.85. The zero-order valence-electron chi connectivity index (χ0n) is 7.36. The van der Waals surface area contributed by atoms with Crippen LogP contribution in [-0.4, -0.2) is 33.5 Å². The lowest BCUT2D eigenvalue weighted by Gasteiger charge is -2.03. The van der Waals surface area contributed by atoms with Gasteiger partial charge in [0.2, 0.25) is 0 Å². The fraction of sp³-hybridized carbons (Fsp3) is 0.286. The van der Waals surface area contributed by atoms with Gasteiger partial charge < -0.3 is 5.73 Å². The molecule has 0 bridgehead atoms. The summed E-state index contributed by atoms with van der Waals surface area (Å²) in [6.07, 6.45) is -1.27. The summed E-state index contributed by atoms with van der Waals surface area (Å²) >= 11 is 0. The second-order valence-corrected chi connectivity index (χ2v) is 2.99. The molecule has 80 valence electrons. The van der Waals surface area contributed by atoms with E-state index in [2.05, 4.69) is 15.3 Å². The van der Waals surface area contributed by atoms with Gasteiger partial charge in [0.15, 0.2) is 18.0 Å². The van der Waals surface area contributed by atoms with E-state index in [0.717, 1.165) is 17.1 Å². The lowest BCUT2D eigenvalue weighted by molar-refractivity contribution is -0.437. The number of alkyl halides is 3. The summed E-state index contributed by atoms with van der Waals surface area (Å²) in [5.41, 5.74) is 5.74. The number of H-pyrrole nitrogens is 1. The van der Waals surface area contributed by atoms with Crippen LogP contribution in [0.25, 0.3) is 0 Å². The number of hydrogen-bond donors (Lipinski definition) is 2. The summed E-state index contributed by atoms with van der Waals surface area (Å²) < 4.78 is 37.9. The minimum atomic E-state index is -4.32. The number of aromatic amines is 1. The van der Waals surface area contributed by atoms with Gasteiger partial charge in [-0.05, 0) is 5.10 Å². The predicted octanol–water partition coefficient (Wildman–Crippen LogP) is 0.885. The molecule has 1 aliphatic heterocycles. The third-order valence-corrected chi connectivity index (χ3v) is 1.93. The Hall–Kier alpha value is -1.86. The van der Waals surface area contributed by atoms with Crippen molar-refractivity contribution in [3.05, 3.63) is 6.20 Å². The first kappa shape index (κ1) is 9.69. The van der Waals surface area contributed by atoms with Gasteiger partial charge in [-0.1, -0.05) is 4.68 Å². The Morgan fingerprint density at radius 1 is 1.47 bits per heavy atom. The Morgan fingerprint density at radius 2 is 2.20 bits per heavy atom. The van der Waals surface area contributed by atoms with E-state index >= 15 is 0 Å². The van der Waals surface area contributed by atoms with Crippen molar-refractivity contribution in [3.8, 4) is 0 Å². The maximum Gasteiger partial charge on any atom is 0.406 e. The fourth-order valence-corrected chi connectivity index (χ4v) is 1.16. The van der Waals surface area contributed by atoms with Crippen molar-refractivity contribution in [2.45, 2.75) is 6.18 Å². The normalized spacial score (nSPS) is 20.7. The maximum absolute atomic E-state index is 12.3. The number of nitrogens with one attached hydrogen (secondary N) is 1. The molecule has 3 N–H and O–H groups in total. The van der Waals surface area contributed by atoms with Crippen LogP contribution >= 0.6 is 0 Å². The highest BCUT2D eigenvalue weighted by Crippen LogP contribution is 2.28. The Bertz CT molecular complexity index is 430. The SMILES string of the molecule is Nc1[nH]ncc1[N+]1=CC(C(F)(F)F)C=N1. The van der Waals surface area contributed by atoms with E-state index in [9.17, 15) is 13.2 Å². The van der Waals surface area contributed by atoms with E-state index in [0.29, 0.717) is 5.69 Å². The van der Waals surface area contributed by atoms with Gasteiger partial charge in [-0.3, -0.25) is 5.10 Å². The van der Waals surface area contributed by atoms with Gasteiger partial charge in [0.25, 0.3) is 5.69 Å². The summed E-state index contributed by atoms with van der Waals surface area (Å²) in [5.74, 6) is -1.50. The third kappa shape index (κ3) is 1.69. The van der Waals surface area contributed by atoms with Crippen molar-refractivity contribution in [2.75, 3.05) is 5.73 Å². The molecule has 1 unspecified atom stereocenters. The molecule has 8 heteroatoms. The molecule has 0 aliphatic carbocycles. The highest BCUT2D eigenvalue weighted by atomic mass is 19.4. The van der Waals surface area contributed by atoms with E-state index < -0.39 is 12.1 Å². The zero-order valence-corrected chi connectivity index (χ0v) is 7.36. The molecule has 1 atom stereocenters. The first-order chi connectivity index (χ1) is 6.98. The molecule has 0 spiro atoms. The van der Waals surface area contributed by atoms with Gasteiger partial charge in [-0.15, -0.1) is 0 Å². The van der Waals surface area contributed by atoms with Crippen LogP contribution in [0.4, 0.5) is 24.7 Å². The van der Waals surface area contributed by atoms with Crippen LogP contribution in [0.3, 0.4) is 0 Å². The number of halogens is 3. The first-order valence-electron chi connectivity index (χ1n) is 4.02. The second-order valence-electron chi connectivity index (χ2n) is 2.99. The lowest BCUT2D eigenvalue weighted by Crippen LogP contribution is -2.24. The molecule has 2 rings (SSSR count). The van der Waals surface area contributed by atoms with Gasteiger partial charge >= 0.3 is 6.18 Å². The summed E-state index contributed by atoms with van der Waals surface area (Å²) in [6.45, 7) is 0. The minimum Gasteiger partial charge on any atom is -0.378 e. The maximum atomic E-state index is 12.3. The van der Waals surface area contributed by atoms with E-state index in [-0.39, 0.29) is 5.82 Å². The van der Waals surface area contributed by atoms with Gasteiger partial charge in [0.1, 0.15) is 6.20 Å². The molecule has 0 saturated carbocycles. The number of anilines is 1. The van der Waals surface area contributed by atoms with Crippen LogP contribution < -0.4 is 5.73 Å². The third-order valence-electron chi connectivity index (χ3n) is 1.93. The Balaban J connectivity index is 2.29. The van der Waals surface area contributed by atoms with Gasteiger partial charge in [0.05, 0.1) is 6.21 Å². The number of rotatable bonds is 1. The molecule has 1 aromatic rings. The Kier molecular flexibility index (Phi) is 1.98. The van der Waals surface area contributed by atoms with Crippen LogP contribution in [0.5, 0.6) is 0 Å². The Morgan fingerprint density at radius 3 is 2.67 bits per heavy atom. The molecule has 0 fully saturated rings. The summed E-state index contributed by atoms with van der Waals surface area (Å²) in [6, 6.07) is 0. The number of hydrogen-bond acceptors (Lipinski definition) is 3. The highest BCUT2D eigenvalue weighted by Gasteiger charge is 2.44.